The van der Waals surface area contributed by atoms with Crippen molar-refractivity contribution in [3.8, 4) is 11.5 Å². The molecule has 1 heterocycles. The van der Waals surface area contributed by atoms with E-state index >= 15 is 0 Å². The maximum atomic E-state index is 12.4. The third-order valence-electron chi connectivity index (χ3n) is 5.08. The maximum Gasteiger partial charge on any atom is 0.271 e. The molecule has 0 bridgehead atoms. The normalized spacial score (nSPS) is 16.6. The van der Waals surface area contributed by atoms with E-state index in [1.807, 2.05) is 12.1 Å². The lowest BCUT2D eigenvalue weighted by Crippen LogP contribution is -2.17. The lowest BCUT2D eigenvalue weighted by molar-refractivity contribution is 0.0955. The van der Waals surface area contributed by atoms with Gasteiger partial charge in [0.2, 0.25) is 0 Å². The Labute approximate surface area is 156 Å². The van der Waals surface area contributed by atoms with Gasteiger partial charge in [0.05, 0.1) is 6.21 Å². The Morgan fingerprint density at radius 3 is 2.89 bits per heavy atom. The largest absolute Gasteiger partial charge is 0.504 e. The van der Waals surface area contributed by atoms with E-state index in [0.29, 0.717) is 17.0 Å². The maximum absolute atomic E-state index is 12.4. The fourth-order valence-electron chi connectivity index (χ4n) is 3.58. The van der Waals surface area contributed by atoms with E-state index in [0.717, 1.165) is 23.7 Å². The van der Waals surface area contributed by atoms with E-state index in [1.165, 1.54) is 36.0 Å². The summed E-state index contributed by atoms with van der Waals surface area (Å²) >= 11 is 0. The van der Waals surface area contributed by atoms with Gasteiger partial charge >= 0.3 is 0 Å². The summed E-state index contributed by atoms with van der Waals surface area (Å²) in [5, 5.41) is 23.8. The number of phenols is 2. The molecule has 0 fully saturated rings. The number of aromatic amines is 1. The zero-order valence-electron chi connectivity index (χ0n) is 15.0. The summed E-state index contributed by atoms with van der Waals surface area (Å²) in [6.07, 6.45) is 4.68. The first-order chi connectivity index (χ1) is 13.0. The fourth-order valence-corrected chi connectivity index (χ4v) is 3.58. The third kappa shape index (κ3) is 3.38. The van der Waals surface area contributed by atoms with Gasteiger partial charge in [0, 0.05) is 22.2 Å². The van der Waals surface area contributed by atoms with Crippen LogP contribution in [0.5, 0.6) is 11.5 Å². The highest BCUT2D eigenvalue weighted by atomic mass is 16.3. The minimum atomic E-state index is -0.296. The molecule has 1 atom stereocenters. The van der Waals surface area contributed by atoms with Crippen molar-refractivity contribution in [1.82, 2.24) is 10.4 Å². The summed E-state index contributed by atoms with van der Waals surface area (Å²) in [7, 11) is 0. The molecule has 4 rings (SSSR count). The molecule has 0 saturated heterocycles. The first kappa shape index (κ1) is 17.1. The average Bonchev–Trinajstić information content (AvgIpc) is 3.01. The molecule has 1 unspecified atom stereocenters. The van der Waals surface area contributed by atoms with Crippen LogP contribution in [0.3, 0.4) is 0 Å². The first-order valence-corrected chi connectivity index (χ1v) is 9.00. The third-order valence-corrected chi connectivity index (χ3v) is 5.08. The first-order valence-electron chi connectivity index (χ1n) is 9.00. The molecule has 1 amide bonds. The van der Waals surface area contributed by atoms with Gasteiger partial charge in [-0.1, -0.05) is 6.92 Å². The van der Waals surface area contributed by atoms with Crippen LogP contribution in [0.2, 0.25) is 0 Å². The van der Waals surface area contributed by atoms with Crippen molar-refractivity contribution in [2.45, 2.75) is 26.2 Å². The van der Waals surface area contributed by atoms with Crippen molar-refractivity contribution in [3.63, 3.8) is 0 Å². The number of amides is 1. The predicted molar refractivity (Wildman–Crippen MR) is 104 cm³/mol. The average molecular weight is 363 g/mol. The Bertz CT molecular complexity index is 1050. The molecule has 1 aliphatic carbocycles. The van der Waals surface area contributed by atoms with Crippen molar-refractivity contribution in [3.05, 3.63) is 58.8 Å². The van der Waals surface area contributed by atoms with Gasteiger partial charge in [-0.05, 0) is 72.7 Å². The van der Waals surface area contributed by atoms with Gasteiger partial charge in [-0.3, -0.25) is 4.79 Å². The minimum Gasteiger partial charge on any atom is -0.504 e. The van der Waals surface area contributed by atoms with Gasteiger partial charge in [0.1, 0.15) is 0 Å². The van der Waals surface area contributed by atoms with Crippen LogP contribution in [0.1, 0.15) is 40.5 Å². The summed E-state index contributed by atoms with van der Waals surface area (Å²) in [6, 6.07) is 9.96. The molecule has 0 spiro atoms. The number of aromatic hydroxyl groups is 2. The van der Waals surface area contributed by atoms with E-state index in [4.69, 9.17) is 0 Å². The highest BCUT2D eigenvalue weighted by Crippen LogP contribution is 2.32. The summed E-state index contributed by atoms with van der Waals surface area (Å²) in [6.45, 7) is 2.26. The lowest BCUT2D eigenvalue weighted by atomic mass is 9.87. The van der Waals surface area contributed by atoms with E-state index in [2.05, 4.69) is 22.4 Å². The molecule has 2 aromatic carbocycles. The highest BCUT2D eigenvalue weighted by molar-refractivity contribution is 5.99. The number of H-pyrrole nitrogens is 1. The second kappa shape index (κ2) is 6.79. The SMILES string of the molecule is CC1CCc2[nH]c3ccc(C(=O)N/N=C\c4ccc(O)c(O)c4)cc3c2C1. The topological polar surface area (TPSA) is 97.7 Å². The number of hydrazone groups is 1. The molecule has 27 heavy (non-hydrogen) atoms. The molecule has 0 radical (unpaired) electrons. The van der Waals surface area contributed by atoms with Gasteiger partial charge in [-0.2, -0.15) is 5.10 Å². The molecule has 6 nitrogen and oxygen atoms in total. The van der Waals surface area contributed by atoms with Crippen LogP contribution in [0, 0.1) is 5.92 Å². The number of aryl methyl sites for hydroxylation is 1. The summed E-state index contributed by atoms with van der Waals surface area (Å²) < 4.78 is 0. The second-order valence-corrected chi connectivity index (χ2v) is 7.14. The molecule has 4 N–H and O–H groups in total. The molecule has 6 heteroatoms. The Morgan fingerprint density at radius 1 is 1.22 bits per heavy atom. The highest BCUT2D eigenvalue weighted by Gasteiger charge is 2.20. The van der Waals surface area contributed by atoms with Crippen LogP contribution in [0.15, 0.2) is 41.5 Å². The van der Waals surface area contributed by atoms with Crippen LogP contribution >= 0.6 is 0 Å². The Balaban J connectivity index is 1.53. The minimum absolute atomic E-state index is 0.200. The van der Waals surface area contributed by atoms with Gasteiger partial charge in [0.15, 0.2) is 11.5 Å². The number of carbonyl (C=O) groups is 1. The van der Waals surface area contributed by atoms with E-state index in [9.17, 15) is 15.0 Å². The van der Waals surface area contributed by atoms with Crippen LogP contribution < -0.4 is 5.43 Å². The van der Waals surface area contributed by atoms with Gasteiger partial charge < -0.3 is 15.2 Å². The molecule has 0 aliphatic heterocycles. The quantitative estimate of drug-likeness (QED) is 0.326. The van der Waals surface area contributed by atoms with Crippen molar-refractivity contribution < 1.29 is 15.0 Å². The second-order valence-electron chi connectivity index (χ2n) is 7.14. The molecule has 1 aliphatic rings. The zero-order valence-corrected chi connectivity index (χ0v) is 15.0. The molecular formula is C21H21N3O3. The van der Waals surface area contributed by atoms with Crippen LogP contribution in [0.4, 0.5) is 0 Å². The number of nitrogens with one attached hydrogen (secondary N) is 2. The standard InChI is InChI=1S/C21H21N3O3/c1-12-2-5-17-15(8-12)16-10-14(4-6-18(16)23-17)21(27)24-22-11-13-3-7-19(25)20(26)9-13/h3-4,6-7,9-12,23,25-26H,2,5,8H2,1H3,(H,24,27)/b22-11-. The summed E-state index contributed by atoms with van der Waals surface area (Å²) in [5.41, 5.74) is 7.28. The lowest BCUT2D eigenvalue weighted by Gasteiger charge is -2.18. The molecular weight excluding hydrogens is 342 g/mol. The van der Waals surface area contributed by atoms with Gasteiger partial charge in [0.25, 0.3) is 5.91 Å². The zero-order chi connectivity index (χ0) is 19.0. The van der Waals surface area contributed by atoms with Crippen LogP contribution in [-0.2, 0) is 12.8 Å². The number of carbonyl (C=O) groups excluding carboxylic acids is 1. The van der Waals surface area contributed by atoms with Gasteiger partial charge in [-0.15, -0.1) is 0 Å². The Kier molecular flexibility index (Phi) is 4.32. The molecule has 3 aromatic rings. The molecule has 138 valence electrons. The van der Waals surface area contributed by atoms with E-state index in [-0.39, 0.29) is 17.4 Å². The Hall–Kier alpha value is -3.28. The number of hydrogen-bond acceptors (Lipinski definition) is 4. The van der Waals surface area contributed by atoms with E-state index in [1.54, 1.807) is 12.1 Å². The van der Waals surface area contributed by atoms with Crippen LogP contribution in [-0.4, -0.2) is 27.3 Å². The van der Waals surface area contributed by atoms with Crippen molar-refractivity contribution in [2.24, 2.45) is 11.0 Å². The number of nitrogens with zero attached hydrogens (tertiary/aromatic N) is 1. The number of aromatic nitrogens is 1. The smallest absolute Gasteiger partial charge is 0.271 e. The van der Waals surface area contributed by atoms with Crippen molar-refractivity contribution >= 4 is 23.0 Å². The van der Waals surface area contributed by atoms with E-state index < -0.39 is 0 Å². The summed E-state index contributed by atoms with van der Waals surface area (Å²) in [5.74, 6) is -0.0777. The number of rotatable bonds is 3. The fraction of sp³-hybridized carbons (Fsp3) is 0.238. The number of hydrogen-bond donors (Lipinski definition) is 4. The number of fused-ring (bicyclic) bond motifs is 3. The van der Waals surface area contributed by atoms with Crippen molar-refractivity contribution in [1.29, 1.82) is 0 Å². The van der Waals surface area contributed by atoms with Gasteiger partial charge in [-0.25, -0.2) is 5.43 Å². The Morgan fingerprint density at radius 2 is 2.07 bits per heavy atom. The predicted octanol–water partition coefficient (Wildman–Crippen LogP) is 3.47. The number of phenolic OH excluding ortho intramolecular Hbond substituents is 2. The monoisotopic (exact) mass is 363 g/mol. The van der Waals surface area contributed by atoms with Crippen molar-refractivity contribution in [2.75, 3.05) is 0 Å². The molecule has 0 saturated carbocycles. The summed E-state index contributed by atoms with van der Waals surface area (Å²) in [4.78, 5) is 15.9. The molecule has 1 aromatic heterocycles. The number of benzene rings is 2. The van der Waals surface area contributed by atoms with Crippen LogP contribution in [0.25, 0.3) is 10.9 Å².